The highest BCUT2D eigenvalue weighted by molar-refractivity contribution is 7.13. The summed E-state index contributed by atoms with van der Waals surface area (Å²) in [5, 5.41) is 8.15. The summed E-state index contributed by atoms with van der Waals surface area (Å²) in [6.07, 6.45) is 5.41. The van der Waals surface area contributed by atoms with Gasteiger partial charge in [0.1, 0.15) is 5.69 Å². The molecule has 0 bridgehead atoms. The maximum absolute atomic E-state index is 13.4. The van der Waals surface area contributed by atoms with Crippen LogP contribution in [0.15, 0.2) is 24.3 Å². The highest BCUT2D eigenvalue weighted by Crippen LogP contribution is 2.29. The van der Waals surface area contributed by atoms with Gasteiger partial charge in [0.15, 0.2) is 5.01 Å². The van der Waals surface area contributed by atoms with Crippen molar-refractivity contribution in [1.29, 1.82) is 0 Å². The number of carbonyl (C=O) groups excluding carboxylic acids is 3. The summed E-state index contributed by atoms with van der Waals surface area (Å²) in [4.78, 5) is 52.9. The van der Waals surface area contributed by atoms with Crippen LogP contribution in [-0.2, 0) is 17.8 Å². The van der Waals surface area contributed by atoms with Crippen LogP contribution in [0.2, 0.25) is 5.02 Å². The summed E-state index contributed by atoms with van der Waals surface area (Å²) in [7, 11) is 2.06. The molecule has 2 aliphatic heterocycles. The maximum atomic E-state index is 13.4. The minimum Gasteiger partial charge on any atom is -0.351 e. The first-order valence-electron chi connectivity index (χ1n) is 13.7. The van der Waals surface area contributed by atoms with E-state index in [0.29, 0.717) is 35.2 Å². The Morgan fingerprint density at radius 2 is 1.85 bits per heavy atom. The van der Waals surface area contributed by atoms with Gasteiger partial charge in [0, 0.05) is 59.3 Å². The van der Waals surface area contributed by atoms with E-state index in [1.807, 2.05) is 17.0 Å². The lowest BCUT2D eigenvalue weighted by Gasteiger charge is -2.40. The zero-order chi connectivity index (χ0) is 27.1. The van der Waals surface area contributed by atoms with Gasteiger partial charge >= 0.3 is 0 Å². The number of benzene rings is 1. The van der Waals surface area contributed by atoms with Gasteiger partial charge in [-0.1, -0.05) is 24.4 Å². The SMILES string of the molecule is CN1CCc2nc(C(=O)NC3CN(C(=O)C4CCCC4)CCC3NC(=O)c3cc4cc(Cl)ccc4[nH]3)sc2C1. The Kier molecular flexibility index (Phi) is 7.35. The third-order valence-corrected chi connectivity index (χ3v) is 9.52. The first-order chi connectivity index (χ1) is 18.8. The van der Waals surface area contributed by atoms with Crippen LogP contribution in [0.5, 0.6) is 0 Å². The highest BCUT2D eigenvalue weighted by atomic mass is 35.5. The fraction of sp³-hybridized carbons (Fsp3) is 0.500. The van der Waals surface area contributed by atoms with E-state index in [9.17, 15) is 14.4 Å². The Morgan fingerprint density at radius 3 is 2.67 bits per heavy atom. The van der Waals surface area contributed by atoms with E-state index in [4.69, 9.17) is 11.6 Å². The smallest absolute Gasteiger partial charge is 0.280 e. The van der Waals surface area contributed by atoms with Gasteiger partial charge in [-0.05, 0) is 50.6 Å². The zero-order valence-electron chi connectivity index (χ0n) is 22.0. The van der Waals surface area contributed by atoms with Crippen molar-refractivity contribution < 1.29 is 14.4 Å². The topological polar surface area (TPSA) is 110 Å². The second-order valence-electron chi connectivity index (χ2n) is 11.0. The number of aromatic amines is 1. The molecule has 4 heterocycles. The summed E-state index contributed by atoms with van der Waals surface area (Å²) < 4.78 is 0. The summed E-state index contributed by atoms with van der Waals surface area (Å²) >= 11 is 7.54. The lowest BCUT2D eigenvalue weighted by molar-refractivity contribution is -0.136. The second kappa shape index (κ2) is 10.9. The van der Waals surface area contributed by atoms with Crippen molar-refractivity contribution in [2.45, 2.75) is 57.2 Å². The fourth-order valence-electron chi connectivity index (χ4n) is 6.02. The molecule has 1 aliphatic carbocycles. The molecule has 3 amide bonds. The van der Waals surface area contributed by atoms with Crippen molar-refractivity contribution >= 4 is 51.6 Å². The van der Waals surface area contributed by atoms with Crippen molar-refractivity contribution in [2.24, 2.45) is 5.92 Å². The van der Waals surface area contributed by atoms with Gasteiger partial charge in [-0.15, -0.1) is 11.3 Å². The number of carbonyl (C=O) groups is 3. The van der Waals surface area contributed by atoms with Gasteiger partial charge in [0.2, 0.25) is 5.91 Å². The zero-order valence-corrected chi connectivity index (χ0v) is 23.5. The number of H-pyrrole nitrogens is 1. The molecule has 0 spiro atoms. The number of aromatic nitrogens is 2. The number of likely N-dealkylation sites (tertiary alicyclic amines) is 1. The summed E-state index contributed by atoms with van der Waals surface area (Å²) in [6, 6.07) is 6.45. The van der Waals surface area contributed by atoms with Crippen LogP contribution >= 0.6 is 22.9 Å². The minimum absolute atomic E-state index is 0.0633. The molecule has 1 aromatic carbocycles. The Balaban J connectivity index is 1.20. The monoisotopic (exact) mass is 568 g/mol. The number of nitrogens with zero attached hydrogens (tertiary/aromatic N) is 3. The molecular weight excluding hydrogens is 536 g/mol. The van der Waals surface area contributed by atoms with Crippen LogP contribution in [-0.4, -0.2) is 76.3 Å². The van der Waals surface area contributed by atoms with Crippen LogP contribution in [0.25, 0.3) is 10.9 Å². The van der Waals surface area contributed by atoms with Crippen molar-refractivity contribution in [3.05, 3.63) is 50.6 Å². The highest BCUT2D eigenvalue weighted by Gasteiger charge is 2.37. The lowest BCUT2D eigenvalue weighted by Crippen LogP contribution is -2.61. The molecule has 0 radical (unpaired) electrons. The molecule has 1 saturated carbocycles. The summed E-state index contributed by atoms with van der Waals surface area (Å²) in [5.74, 6) is -0.281. The fourth-order valence-corrected chi connectivity index (χ4v) is 7.30. The average Bonchev–Trinajstić information content (AvgIpc) is 3.68. The molecule has 3 aliphatic rings. The minimum atomic E-state index is -0.428. The molecule has 2 aromatic heterocycles. The van der Waals surface area contributed by atoms with E-state index in [1.165, 1.54) is 11.3 Å². The van der Waals surface area contributed by atoms with E-state index in [0.717, 1.165) is 66.7 Å². The van der Waals surface area contributed by atoms with Crippen molar-refractivity contribution in [2.75, 3.05) is 26.7 Å². The predicted molar refractivity (Wildman–Crippen MR) is 151 cm³/mol. The van der Waals surface area contributed by atoms with Gasteiger partial charge in [0.05, 0.1) is 17.8 Å². The predicted octanol–water partition coefficient (Wildman–Crippen LogP) is 3.59. The Morgan fingerprint density at radius 1 is 1.05 bits per heavy atom. The molecule has 3 N–H and O–H groups in total. The van der Waals surface area contributed by atoms with E-state index in [-0.39, 0.29) is 29.7 Å². The maximum Gasteiger partial charge on any atom is 0.280 e. The number of piperidine rings is 1. The molecular formula is C28H33ClN6O3S. The van der Waals surface area contributed by atoms with E-state index < -0.39 is 6.04 Å². The van der Waals surface area contributed by atoms with Crippen LogP contribution in [0, 0.1) is 5.92 Å². The first-order valence-corrected chi connectivity index (χ1v) is 14.9. The number of fused-ring (bicyclic) bond motifs is 2. The molecule has 39 heavy (non-hydrogen) atoms. The Labute approximate surface area is 236 Å². The van der Waals surface area contributed by atoms with Gasteiger partial charge in [0.25, 0.3) is 11.8 Å². The van der Waals surface area contributed by atoms with E-state index in [1.54, 1.807) is 12.1 Å². The molecule has 206 valence electrons. The Hall–Kier alpha value is -2.95. The molecule has 2 atom stereocenters. The standard InChI is InChI=1S/C28H33ClN6O3S/c1-34-10-8-21-24(15-34)39-27(33-21)26(37)32-23-14-35(28(38)16-4-2-3-5-16)11-9-20(23)31-25(36)22-13-17-12-18(29)6-7-19(17)30-22/h6-7,12-13,16,20,23,30H,2-5,8-11,14-15H2,1H3,(H,31,36)(H,32,37). The number of amides is 3. The normalized spacial score (nSPS) is 22.2. The number of halogens is 1. The van der Waals surface area contributed by atoms with Crippen molar-refractivity contribution in [3.63, 3.8) is 0 Å². The molecule has 9 nitrogen and oxygen atoms in total. The quantitative estimate of drug-likeness (QED) is 0.436. The molecule has 6 rings (SSSR count). The van der Waals surface area contributed by atoms with Gasteiger partial charge in [-0.3, -0.25) is 14.4 Å². The van der Waals surface area contributed by atoms with Gasteiger partial charge in [-0.2, -0.15) is 0 Å². The number of rotatable bonds is 5. The van der Waals surface area contributed by atoms with Crippen molar-refractivity contribution in [1.82, 2.24) is 30.4 Å². The third kappa shape index (κ3) is 5.55. The molecule has 2 unspecified atom stereocenters. The van der Waals surface area contributed by atoms with Crippen LogP contribution < -0.4 is 10.6 Å². The second-order valence-corrected chi connectivity index (χ2v) is 12.5. The van der Waals surface area contributed by atoms with Gasteiger partial charge in [-0.25, -0.2) is 4.98 Å². The lowest BCUT2D eigenvalue weighted by atomic mass is 9.96. The van der Waals surface area contributed by atoms with Crippen molar-refractivity contribution in [3.8, 4) is 0 Å². The van der Waals surface area contributed by atoms with Crippen LogP contribution in [0.4, 0.5) is 0 Å². The molecule has 1 saturated heterocycles. The number of hydrogen-bond acceptors (Lipinski definition) is 6. The van der Waals surface area contributed by atoms with Gasteiger partial charge < -0.3 is 25.4 Å². The average molecular weight is 569 g/mol. The van der Waals surface area contributed by atoms with E-state index in [2.05, 4.69) is 32.5 Å². The largest absolute Gasteiger partial charge is 0.351 e. The molecule has 11 heteroatoms. The summed E-state index contributed by atoms with van der Waals surface area (Å²) in [5.41, 5.74) is 2.25. The number of nitrogens with one attached hydrogen (secondary N) is 3. The Bertz CT molecular complexity index is 1410. The van der Waals surface area contributed by atoms with E-state index >= 15 is 0 Å². The number of hydrogen-bond donors (Lipinski definition) is 3. The van der Waals surface area contributed by atoms with Crippen LogP contribution in [0.3, 0.4) is 0 Å². The van der Waals surface area contributed by atoms with Crippen LogP contribution in [0.1, 0.15) is 63.0 Å². The third-order valence-electron chi connectivity index (χ3n) is 8.21. The first kappa shape index (κ1) is 26.3. The molecule has 2 fully saturated rings. The summed E-state index contributed by atoms with van der Waals surface area (Å²) in [6.45, 7) is 2.63. The number of likely N-dealkylation sites (N-methyl/N-ethyl adjacent to an activating group) is 1. The molecule has 3 aromatic rings. The number of thiazole rings is 1.